The van der Waals surface area contributed by atoms with Crippen LogP contribution in [0.5, 0.6) is 0 Å². The number of hydrogen-bond acceptors (Lipinski definition) is 5. The molecule has 1 aliphatic rings. The van der Waals surface area contributed by atoms with Gasteiger partial charge in [-0.3, -0.25) is 0 Å². The molecule has 0 saturated heterocycles. The molecule has 3 nitrogen and oxygen atoms in total. The molecule has 1 fully saturated rings. The fraction of sp³-hybridized carbons (Fsp3) is 0.625. The van der Waals surface area contributed by atoms with Crippen molar-refractivity contribution < 1.29 is 0 Å². The Balaban J connectivity index is 1.99. The number of nitriles is 1. The predicted molar refractivity (Wildman–Crippen MR) is 52.5 cm³/mol. The summed E-state index contributed by atoms with van der Waals surface area (Å²) in [6.07, 6.45) is 4.94. The van der Waals surface area contributed by atoms with Crippen LogP contribution in [0, 0.1) is 17.2 Å². The highest BCUT2D eigenvalue weighted by atomic mass is 32.2. The number of hydrogen-bond donors (Lipinski definition) is 0. The summed E-state index contributed by atoms with van der Waals surface area (Å²) in [4.78, 5) is 4.11. The molecule has 0 aliphatic heterocycles. The minimum Gasteiger partial charge on any atom is -0.216 e. The monoisotopic (exact) mass is 211 g/mol. The fourth-order valence-electron chi connectivity index (χ4n) is 1.56. The average molecular weight is 211 g/mol. The minimum atomic E-state index is 0.217. The lowest BCUT2D eigenvalue weighted by Crippen LogP contribution is -2.06. The molecule has 2 rings (SSSR count). The molecule has 5 heteroatoms. The van der Waals surface area contributed by atoms with E-state index in [1.165, 1.54) is 18.0 Å². The first-order valence-corrected chi connectivity index (χ1v) is 5.88. The second-order valence-corrected chi connectivity index (χ2v) is 5.30. The van der Waals surface area contributed by atoms with Crippen LogP contribution in [0.1, 0.15) is 19.3 Å². The molecule has 0 bridgehead atoms. The molecule has 0 spiro atoms. The molecular weight excluding hydrogens is 202 g/mol. The van der Waals surface area contributed by atoms with Crippen LogP contribution in [0.4, 0.5) is 0 Å². The van der Waals surface area contributed by atoms with Crippen molar-refractivity contribution in [3.63, 3.8) is 0 Å². The summed E-state index contributed by atoms with van der Waals surface area (Å²) in [7, 11) is 0. The molecular formula is C8H9N3S2. The van der Waals surface area contributed by atoms with E-state index in [2.05, 4.69) is 15.4 Å². The molecule has 0 aromatic carbocycles. The van der Waals surface area contributed by atoms with Gasteiger partial charge >= 0.3 is 0 Å². The standard InChI is InChI=1S/C8H9N3S2/c9-4-6-2-1-3-7(6)12-8-10-5-11-13-8/h5-7H,1-3H2. The van der Waals surface area contributed by atoms with E-state index in [0.29, 0.717) is 5.25 Å². The summed E-state index contributed by atoms with van der Waals surface area (Å²) >= 11 is 3.13. The second-order valence-electron chi connectivity index (χ2n) is 3.03. The maximum Gasteiger partial charge on any atom is 0.170 e. The van der Waals surface area contributed by atoms with Gasteiger partial charge in [-0.25, -0.2) is 4.98 Å². The van der Waals surface area contributed by atoms with Crippen LogP contribution in [-0.2, 0) is 0 Å². The van der Waals surface area contributed by atoms with Gasteiger partial charge < -0.3 is 0 Å². The van der Waals surface area contributed by atoms with Gasteiger partial charge in [0.1, 0.15) is 6.33 Å². The first-order chi connectivity index (χ1) is 6.40. The van der Waals surface area contributed by atoms with Gasteiger partial charge in [-0.05, 0) is 24.4 Å². The number of nitrogens with zero attached hydrogens (tertiary/aromatic N) is 3. The van der Waals surface area contributed by atoms with Crippen LogP contribution in [0.25, 0.3) is 0 Å². The van der Waals surface area contributed by atoms with Crippen LogP contribution in [0.3, 0.4) is 0 Å². The van der Waals surface area contributed by atoms with E-state index < -0.39 is 0 Å². The smallest absolute Gasteiger partial charge is 0.170 e. The van der Waals surface area contributed by atoms with Crippen molar-refractivity contribution in [2.75, 3.05) is 0 Å². The van der Waals surface area contributed by atoms with Crippen molar-refractivity contribution in [1.82, 2.24) is 9.36 Å². The van der Waals surface area contributed by atoms with E-state index in [9.17, 15) is 0 Å². The third-order valence-corrected chi connectivity index (χ3v) is 4.36. The van der Waals surface area contributed by atoms with Crippen LogP contribution < -0.4 is 0 Å². The Morgan fingerprint density at radius 1 is 1.62 bits per heavy atom. The Hall–Kier alpha value is -0.600. The third-order valence-electron chi connectivity index (χ3n) is 2.21. The first-order valence-electron chi connectivity index (χ1n) is 4.23. The molecule has 0 radical (unpaired) electrons. The van der Waals surface area contributed by atoms with Crippen LogP contribution >= 0.6 is 23.3 Å². The van der Waals surface area contributed by atoms with Gasteiger partial charge in [-0.1, -0.05) is 18.2 Å². The van der Waals surface area contributed by atoms with Crippen molar-refractivity contribution in [3.8, 4) is 6.07 Å². The molecule has 2 atom stereocenters. The van der Waals surface area contributed by atoms with E-state index >= 15 is 0 Å². The van der Waals surface area contributed by atoms with Crippen molar-refractivity contribution in [3.05, 3.63) is 6.33 Å². The molecule has 1 aromatic rings. The minimum absolute atomic E-state index is 0.217. The highest BCUT2D eigenvalue weighted by Gasteiger charge is 2.28. The van der Waals surface area contributed by atoms with E-state index in [-0.39, 0.29) is 5.92 Å². The van der Waals surface area contributed by atoms with Crippen LogP contribution in [0.2, 0.25) is 0 Å². The topological polar surface area (TPSA) is 49.6 Å². The number of aromatic nitrogens is 2. The zero-order valence-corrected chi connectivity index (χ0v) is 8.64. The lowest BCUT2D eigenvalue weighted by atomic mass is 10.1. The van der Waals surface area contributed by atoms with Crippen molar-refractivity contribution in [1.29, 1.82) is 5.26 Å². The van der Waals surface area contributed by atoms with Crippen LogP contribution in [-0.4, -0.2) is 14.6 Å². The SMILES string of the molecule is N#CC1CCCC1Sc1ncns1. The Morgan fingerprint density at radius 3 is 3.23 bits per heavy atom. The quantitative estimate of drug-likeness (QED) is 0.753. The van der Waals surface area contributed by atoms with Gasteiger partial charge in [0.2, 0.25) is 0 Å². The van der Waals surface area contributed by atoms with Gasteiger partial charge in [0, 0.05) is 5.25 Å². The Bertz CT molecular complexity index is 304. The molecule has 1 heterocycles. The van der Waals surface area contributed by atoms with E-state index in [1.54, 1.807) is 18.1 Å². The van der Waals surface area contributed by atoms with Gasteiger partial charge in [0.05, 0.1) is 12.0 Å². The Labute approximate surface area is 85.4 Å². The number of rotatable bonds is 2. The van der Waals surface area contributed by atoms with Crippen molar-refractivity contribution in [2.24, 2.45) is 5.92 Å². The Morgan fingerprint density at radius 2 is 2.54 bits per heavy atom. The normalized spacial score (nSPS) is 27.3. The maximum absolute atomic E-state index is 8.87. The summed E-state index contributed by atoms with van der Waals surface area (Å²) in [6.45, 7) is 0. The second kappa shape index (κ2) is 4.07. The molecule has 0 N–H and O–H groups in total. The Kier molecular flexibility index (Phi) is 2.81. The summed E-state index contributed by atoms with van der Waals surface area (Å²) in [5.41, 5.74) is 0. The zero-order chi connectivity index (χ0) is 9.10. The lowest BCUT2D eigenvalue weighted by molar-refractivity contribution is 0.714. The molecule has 2 unspecified atom stereocenters. The third kappa shape index (κ3) is 2.01. The van der Waals surface area contributed by atoms with Gasteiger partial charge in [-0.15, -0.1) is 0 Å². The largest absolute Gasteiger partial charge is 0.216 e. The van der Waals surface area contributed by atoms with E-state index in [4.69, 9.17) is 5.26 Å². The van der Waals surface area contributed by atoms with Crippen molar-refractivity contribution in [2.45, 2.75) is 28.9 Å². The predicted octanol–water partition coefficient (Wildman–Crippen LogP) is 2.32. The summed E-state index contributed by atoms with van der Waals surface area (Å²) in [5.74, 6) is 0.217. The average Bonchev–Trinajstić information content (AvgIpc) is 2.76. The first kappa shape index (κ1) is 8.97. The summed E-state index contributed by atoms with van der Waals surface area (Å²) < 4.78 is 4.93. The molecule has 1 aliphatic carbocycles. The highest BCUT2D eigenvalue weighted by Crippen LogP contribution is 2.38. The zero-order valence-electron chi connectivity index (χ0n) is 7.01. The fourth-order valence-corrected chi connectivity index (χ4v) is 3.52. The summed E-state index contributed by atoms with van der Waals surface area (Å²) in [6, 6.07) is 2.36. The molecule has 1 saturated carbocycles. The summed E-state index contributed by atoms with van der Waals surface area (Å²) in [5, 5.41) is 9.31. The molecule has 1 aromatic heterocycles. The molecule has 13 heavy (non-hydrogen) atoms. The maximum atomic E-state index is 8.87. The van der Waals surface area contributed by atoms with Gasteiger partial charge in [0.25, 0.3) is 0 Å². The highest BCUT2D eigenvalue weighted by molar-refractivity contribution is 8.01. The van der Waals surface area contributed by atoms with Gasteiger partial charge in [-0.2, -0.15) is 9.64 Å². The molecule has 68 valence electrons. The number of thioether (sulfide) groups is 1. The lowest BCUT2D eigenvalue weighted by Gasteiger charge is -2.09. The van der Waals surface area contributed by atoms with Gasteiger partial charge in [0.15, 0.2) is 4.34 Å². The van der Waals surface area contributed by atoms with E-state index in [1.807, 2.05) is 0 Å². The molecule has 0 amide bonds. The van der Waals surface area contributed by atoms with E-state index in [0.717, 1.165) is 17.2 Å². The van der Waals surface area contributed by atoms with Crippen molar-refractivity contribution >= 4 is 23.3 Å². The van der Waals surface area contributed by atoms with Crippen LogP contribution in [0.15, 0.2) is 10.7 Å².